The fourth-order valence-corrected chi connectivity index (χ4v) is 11.9. The molecule has 3 fully saturated rings. The molecule has 378 valence electrons. The number of benzene rings is 6. The second-order valence-corrected chi connectivity index (χ2v) is 19.9. The van der Waals surface area contributed by atoms with Crippen molar-refractivity contribution in [1.29, 1.82) is 0 Å². The van der Waals surface area contributed by atoms with Gasteiger partial charge in [0.1, 0.15) is 29.9 Å². The molecule has 7 unspecified atom stereocenters. The van der Waals surface area contributed by atoms with E-state index in [1.54, 1.807) is 12.1 Å². The van der Waals surface area contributed by atoms with Gasteiger partial charge in [0.2, 0.25) is 11.8 Å². The Balaban J connectivity index is 1.24. The van der Waals surface area contributed by atoms with E-state index in [9.17, 15) is 5.11 Å². The van der Waals surface area contributed by atoms with Crippen molar-refractivity contribution in [3.05, 3.63) is 203 Å². The van der Waals surface area contributed by atoms with Crippen LogP contribution in [0.1, 0.15) is 102 Å². The molecule has 2 N–H and O–H groups in total. The highest BCUT2D eigenvalue weighted by atomic mass is 16.6. The lowest BCUT2D eigenvalue weighted by Gasteiger charge is -2.46. The van der Waals surface area contributed by atoms with Gasteiger partial charge in [0.15, 0.2) is 0 Å². The molecule has 6 aromatic carbocycles. The van der Waals surface area contributed by atoms with Gasteiger partial charge in [0.25, 0.3) is 0 Å². The van der Waals surface area contributed by atoms with E-state index in [1.807, 2.05) is 163 Å². The highest BCUT2D eigenvalue weighted by Gasteiger charge is 2.76. The molecule has 0 bridgehead atoms. The van der Waals surface area contributed by atoms with Crippen molar-refractivity contribution >= 4 is 29.5 Å². The molecule has 1 spiro atoms. The van der Waals surface area contributed by atoms with Gasteiger partial charge in [0, 0.05) is 30.8 Å². The van der Waals surface area contributed by atoms with Gasteiger partial charge in [-0.3, -0.25) is 24.2 Å². The normalized spacial score (nSPS) is 22.9. The number of esters is 1. The zero-order valence-corrected chi connectivity index (χ0v) is 42.0. The Morgan fingerprint density at radius 2 is 1.41 bits per heavy atom. The average molecular weight is 990 g/mol. The maximum Gasteiger partial charge on any atom is 0.329 e. The third-order valence-electron chi connectivity index (χ3n) is 15.2. The number of nitrogens with zero attached hydrogens (tertiary/aromatic N) is 4. The molecule has 4 heterocycles. The Labute approximate surface area is 433 Å². The van der Waals surface area contributed by atoms with Crippen LogP contribution in [0.4, 0.5) is 10.5 Å². The third kappa shape index (κ3) is 9.59. The summed E-state index contributed by atoms with van der Waals surface area (Å²) in [7, 11) is 2.01. The first kappa shape index (κ1) is 50.0. The Hall–Kier alpha value is -7.56. The van der Waals surface area contributed by atoms with E-state index in [1.165, 1.54) is 4.90 Å². The smallest absolute Gasteiger partial charge is 0.329 e. The van der Waals surface area contributed by atoms with E-state index in [0.29, 0.717) is 48.6 Å². The summed E-state index contributed by atoms with van der Waals surface area (Å²) in [6.07, 6.45) is 3.53. The number of nitrogens with one attached hydrogen (secondary N) is 1. The summed E-state index contributed by atoms with van der Waals surface area (Å²) in [5.74, 6) is 4.02. The molecule has 6 aromatic rings. The van der Waals surface area contributed by atoms with Gasteiger partial charge in [-0.15, -0.1) is 0 Å². The highest BCUT2D eigenvalue weighted by Crippen LogP contribution is 2.67. The SMILES string of the molecule is CC(NC(=O)N1C(=O)C2(c3cc(C#CCN(C)Cc4ccccc4)ccc31)C(C(=O)N1CCCCCCC1)C1C(=O)OC(c3ccccc3)C(c3ccccc3)N1C2c1ccccc1OCCO)c1ccccc1. The molecule has 7 atom stereocenters. The van der Waals surface area contributed by atoms with E-state index in [2.05, 4.69) is 34.2 Å². The molecule has 12 heteroatoms. The van der Waals surface area contributed by atoms with Crippen molar-refractivity contribution < 1.29 is 33.8 Å². The number of hydrogen-bond acceptors (Lipinski definition) is 9. The molecule has 4 aliphatic rings. The highest BCUT2D eigenvalue weighted by molar-refractivity contribution is 6.24. The number of anilines is 1. The number of aliphatic hydroxyl groups excluding tert-OH is 1. The van der Waals surface area contributed by atoms with Crippen LogP contribution in [0.25, 0.3) is 0 Å². The van der Waals surface area contributed by atoms with Gasteiger partial charge in [-0.05, 0) is 78.9 Å². The van der Waals surface area contributed by atoms with Crippen LogP contribution in [0.5, 0.6) is 5.75 Å². The zero-order valence-electron chi connectivity index (χ0n) is 42.0. The Bertz CT molecular complexity index is 3010. The van der Waals surface area contributed by atoms with Crippen LogP contribution < -0.4 is 15.0 Å². The van der Waals surface area contributed by atoms with Crippen molar-refractivity contribution in [3.63, 3.8) is 0 Å². The first-order chi connectivity index (χ1) is 36.2. The maximum atomic E-state index is 17.0. The van der Waals surface area contributed by atoms with Crippen LogP contribution in [0.15, 0.2) is 164 Å². The van der Waals surface area contributed by atoms with E-state index >= 15 is 19.2 Å². The summed E-state index contributed by atoms with van der Waals surface area (Å²) in [6, 6.07) is 47.3. The molecule has 4 aliphatic heterocycles. The molecule has 12 nitrogen and oxygen atoms in total. The number of morpholine rings is 1. The number of urea groups is 1. The second-order valence-electron chi connectivity index (χ2n) is 19.9. The predicted molar refractivity (Wildman–Crippen MR) is 284 cm³/mol. The van der Waals surface area contributed by atoms with E-state index in [-0.39, 0.29) is 24.8 Å². The molecule has 3 saturated heterocycles. The number of likely N-dealkylation sites (tertiary alicyclic amines) is 1. The van der Waals surface area contributed by atoms with Crippen molar-refractivity contribution in [2.45, 2.75) is 81.3 Å². The van der Waals surface area contributed by atoms with Gasteiger partial charge in [-0.2, -0.15) is 0 Å². The van der Waals surface area contributed by atoms with Crippen molar-refractivity contribution in [1.82, 2.24) is 20.0 Å². The number of aliphatic hydroxyl groups is 1. The predicted octanol–water partition coefficient (Wildman–Crippen LogP) is 9.47. The number of rotatable bonds is 12. The van der Waals surface area contributed by atoms with Gasteiger partial charge in [0.05, 0.1) is 42.9 Å². The summed E-state index contributed by atoms with van der Waals surface area (Å²) >= 11 is 0. The molecule has 0 aromatic heterocycles. The number of fused-ring (bicyclic) bond motifs is 3. The Kier molecular flexibility index (Phi) is 15.1. The minimum Gasteiger partial charge on any atom is -0.491 e. The Morgan fingerprint density at radius 1 is 0.784 bits per heavy atom. The third-order valence-corrected chi connectivity index (χ3v) is 15.2. The van der Waals surface area contributed by atoms with Crippen molar-refractivity contribution in [2.75, 3.05) is 44.8 Å². The standard InChI is InChI=1S/C62H63N5O7/c1-43(46-26-12-7-13-27-46)63-61(72)66-51-35-34-44(25-22-36-64(2)42-45-23-10-6-11-24-45)41-50(51)62(60(66)71)53(58(69)65-37-20-4-3-5-21-38-65)55-59(70)74-56(48-30-16-9-17-31-48)54(47-28-14-8-15-29-47)67(55)57(62)49-32-18-19-33-52(49)73-40-39-68/h6-19,23-24,26-35,41,43,53-57,68H,3-5,20-21,36-40,42H2,1-2H3,(H,63,72). The maximum absolute atomic E-state index is 17.0. The number of ether oxygens (including phenoxy) is 2. The first-order valence-electron chi connectivity index (χ1n) is 26.0. The molecule has 0 aliphatic carbocycles. The average Bonchev–Trinajstić information content (AvgIpc) is 3.94. The fourth-order valence-electron chi connectivity index (χ4n) is 11.9. The van der Waals surface area contributed by atoms with Crippen LogP contribution in [-0.4, -0.2) is 89.6 Å². The van der Waals surface area contributed by atoms with Crippen molar-refractivity contribution in [2.24, 2.45) is 5.92 Å². The van der Waals surface area contributed by atoms with Gasteiger partial charge < -0.3 is 24.8 Å². The van der Waals surface area contributed by atoms with Crippen LogP contribution >= 0.6 is 0 Å². The van der Waals surface area contributed by atoms with Gasteiger partial charge in [-0.1, -0.05) is 171 Å². The van der Waals surface area contributed by atoms with Gasteiger partial charge in [-0.25, -0.2) is 9.69 Å². The minimum atomic E-state index is -1.98. The van der Waals surface area contributed by atoms with E-state index in [0.717, 1.165) is 54.4 Å². The lowest BCUT2D eigenvalue weighted by Crippen LogP contribution is -2.57. The monoisotopic (exact) mass is 989 g/mol. The number of cyclic esters (lactones) is 1. The molecular formula is C62H63N5O7. The molecule has 0 radical (unpaired) electrons. The van der Waals surface area contributed by atoms with Crippen LogP contribution in [0, 0.1) is 17.8 Å². The summed E-state index contributed by atoms with van der Waals surface area (Å²) in [6.45, 7) is 3.49. The summed E-state index contributed by atoms with van der Waals surface area (Å²) < 4.78 is 13.2. The molecule has 4 amide bonds. The zero-order chi connectivity index (χ0) is 51.2. The largest absolute Gasteiger partial charge is 0.491 e. The molecule has 0 saturated carbocycles. The number of hydrogen-bond donors (Lipinski definition) is 2. The molecule has 74 heavy (non-hydrogen) atoms. The van der Waals surface area contributed by atoms with Crippen LogP contribution in [0.3, 0.4) is 0 Å². The topological polar surface area (TPSA) is 132 Å². The van der Waals surface area contributed by atoms with Crippen LogP contribution in [0.2, 0.25) is 0 Å². The van der Waals surface area contributed by atoms with Crippen LogP contribution in [-0.2, 0) is 31.1 Å². The lowest BCUT2D eigenvalue weighted by molar-refractivity contribution is -0.179. The summed E-state index contributed by atoms with van der Waals surface area (Å²) in [4.78, 5) is 71.7. The minimum absolute atomic E-state index is 0.0675. The number of carbonyl (C=O) groups is 4. The lowest BCUT2D eigenvalue weighted by atomic mass is 9.64. The first-order valence-corrected chi connectivity index (χ1v) is 26.0. The number of amides is 4. The Morgan fingerprint density at radius 3 is 2.09 bits per heavy atom. The van der Waals surface area contributed by atoms with E-state index in [4.69, 9.17) is 9.47 Å². The van der Waals surface area contributed by atoms with E-state index < -0.39 is 59.5 Å². The van der Waals surface area contributed by atoms with Crippen molar-refractivity contribution in [3.8, 4) is 17.6 Å². The number of imide groups is 1. The quantitative estimate of drug-likeness (QED) is 0.0910. The number of carbonyl (C=O) groups excluding carboxylic acids is 4. The summed E-state index contributed by atoms with van der Waals surface area (Å²) in [5, 5.41) is 13.4. The molecular weight excluding hydrogens is 927 g/mol. The number of para-hydroxylation sites is 1. The van der Waals surface area contributed by atoms with Gasteiger partial charge >= 0.3 is 12.0 Å². The fraction of sp³-hybridized carbons (Fsp3) is 0.323. The second kappa shape index (κ2) is 22.3. The summed E-state index contributed by atoms with van der Waals surface area (Å²) in [5.41, 5.74) is 3.29. The molecule has 10 rings (SSSR count).